The molecule has 1 aromatic heterocycles. The van der Waals surface area contributed by atoms with Crippen molar-refractivity contribution >= 4 is 5.82 Å². The van der Waals surface area contributed by atoms with Crippen molar-refractivity contribution in [3.63, 3.8) is 0 Å². The van der Waals surface area contributed by atoms with Crippen LogP contribution in [0, 0.1) is 0 Å². The van der Waals surface area contributed by atoms with E-state index in [0.29, 0.717) is 0 Å². The number of ether oxygens (including phenoxy) is 1. The highest BCUT2D eigenvalue weighted by atomic mass is 16.5. The molecular formula is C14H20N2O2. The van der Waals surface area contributed by atoms with Gasteiger partial charge in [0.2, 0.25) is 0 Å². The molecule has 0 spiro atoms. The van der Waals surface area contributed by atoms with E-state index in [0.717, 1.165) is 50.5 Å². The molecule has 0 atom stereocenters. The Morgan fingerprint density at radius 1 is 1.22 bits per heavy atom. The maximum absolute atomic E-state index is 9.55. The van der Waals surface area contributed by atoms with Crippen molar-refractivity contribution in [3.05, 3.63) is 22.9 Å². The Hall–Kier alpha value is -1.13. The first-order valence-electron chi connectivity index (χ1n) is 6.83. The van der Waals surface area contributed by atoms with Crippen molar-refractivity contribution in [2.75, 3.05) is 31.2 Å². The maximum Gasteiger partial charge on any atom is 0.134 e. The number of fused-ring (bicyclic) bond motifs is 1. The summed E-state index contributed by atoms with van der Waals surface area (Å²) in [6, 6.07) is 2.16. The first-order valence-corrected chi connectivity index (χ1v) is 6.83. The second-order valence-corrected chi connectivity index (χ2v) is 5.04. The first kappa shape index (κ1) is 11.9. The van der Waals surface area contributed by atoms with Crippen molar-refractivity contribution < 1.29 is 9.84 Å². The van der Waals surface area contributed by atoms with E-state index in [1.807, 2.05) is 0 Å². The van der Waals surface area contributed by atoms with Crippen LogP contribution in [0.25, 0.3) is 0 Å². The Labute approximate surface area is 108 Å². The molecule has 0 saturated carbocycles. The lowest BCUT2D eigenvalue weighted by Crippen LogP contribution is -2.37. The quantitative estimate of drug-likeness (QED) is 0.856. The molecule has 1 N–H and O–H groups in total. The van der Waals surface area contributed by atoms with Gasteiger partial charge < -0.3 is 14.7 Å². The minimum absolute atomic E-state index is 0.0764. The van der Waals surface area contributed by atoms with Crippen molar-refractivity contribution in [2.45, 2.75) is 32.3 Å². The van der Waals surface area contributed by atoms with Crippen LogP contribution in [-0.4, -0.2) is 36.4 Å². The molecule has 1 saturated heterocycles. The van der Waals surface area contributed by atoms with Crippen molar-refractivity contribution in [1.82, 2.24) is 4.98 Å². The van der Waals surface area contributed by atoms with E-state index in [1.54, 1.807) is 0 Å². The van der Waals surface area contributed by atoms with Gasteiger partial charge in [-0.1, -0.05) is 0 Å². The zero-order chi connectivity index (χ0) is 12.4. The summed E-state index contributed by atoms with van der Waals surface area (Å²) in [5.74, 6) is 0.974. The molecule has 4 heteroatoms. The number of rotatable bonds is 2. The fourth-order valence-electron chi connectivity index (χ4n) is 2.84. The SMILES string of the molecule is OCc1cc2c(nc1N1CCOCC1)CCCC2. The second-order valence-electron chi connectivity index (χ2n) is 5.04. The van der Waals surface area contributed by atoms with Gasteiger partial charge in [0, 0.05) is 24.3 Å². The summed E-state index contributed by atoms with van der Waals surface area (Å²) in [7, 11) is 0. The van der Waals surface area contributed by atoms with Gasteiger partial charge in [0.15, 0.2) is 0 Å². The summed E-state index contributed by atoms with van der Waals surface area (Å²) >= 11 is 0. The number of aliphatic hydroxyl groups is 1. The molecule has 3 rings (SSSR count). The van der Waals surface area contributed by atoms with Crippen LogP contribution in [0.15, 0.2) is 6.07 Å². The molecule has 0 unspecified atom stereocenters. The van der Waals surface area contributed by atoms with Crippen LogP contribution in [0.4, 0.5) is 5.82 Å². The Kier molecular flexibility index (Phi) is 3.48. The number of nitrogens with zero attached hydrogens (tertiary/aromatic N) is 2. The van der Waals surface area contributed by atoms with E-state index in [2.05, 4.69) is 11.0 Å². The highest BCUT2D eigenvalue weighted by Gasteiger charge is 2.20. The lowest BCUT2D eigenvalue weighted by molar-refractivity contribution is 0.122. The monoisotopic (exact) mass is 248 g/mol. The molecule has 1 fully saturated rings. The van der Waals surface area contributed by atoms with E-state index in [4.69, 9.17) is 9.72 Å². The highest BCUT2D eigenvalue weighted by Crippen LogP contribution is 2.27. The summed E-state index contributed by atoms with van der Waals surface area (Å²) in [5.41, 5.74) is 3.54. The van der Waals surface area contributed by atoms with Crippen LogP contribution >= 0.6 is 0 Å². The van der Waals surface area contributed by atoms with Crippen molar-refractivity contribution in [2.24, 2.45) is 0 Å². The van der Waals surface area contributed by atoms with E-state index in [1.165, 1.54) is 24.1 Å². The molecule has 4 nitrogen and oxygen atoms in total. The van der Waals surface area contributed by atoms with E-state index >= 15 is 0 Å². The molecule has 0 aromatic carbocycles. The molecule has 18 heavy (non-hydrogen) atoms. The molecule has 2 heterocycles. The predicted molar refractivity (Wildman–Crippen MR) is 69.8 cm³/mol. The van der Waals surface area contributed by atoms with Crippen LogP contribution < -0.4 is 4.90 Å². The third kappa shape index (κ3) is 2.22. The maximum atomic E-state index is 9.55. The molecule has 2 aliphatic rings. The molecule has 1 aliphatic carbocycles. The summed E-state index contributed by atoms with van der Waals surface area (Å²) in [6.45, 7) is 3.33. The second kappa shape index (κ2) is 5.24. The van der Waals surface area contributed by atoms with Gasteiger partial charge in [0.1, 0.15) is 5.82 Å². The summed E-state index contributed by atoms with van der Waals surface area (Å²) in [4.78, 5) is 7.06. The minimum atomic E-state index is 0.0764. The van der Waals surface area contributed by atoms with Crippen molar-refractivity contribution in [1.29, 1.82) is 0 Å². The number of aryl methyl sites for hydroxylation is 2. The van der Waals surface area contributed by atoms with Gasteiger partial charge in [0.05, 0.1) is 19.8 Å². The van der Waals surface area contributed by atoms with Crippen LogP contribution in [0.5, 0.6) is 0 Å². The summed E-state index contributed by atoms with van der Waals surface area (Å²) < 4.78 is 5.38. The number of aliphatic hydroxyl groups excluding tert-OH is 1. The van der Waals surface area contributed by atoms with Crippen LogP contribution in [-0.2, 0) is 24.2 Å². The molecule has 1 aliphatic heterocycles. The van der Waals surface area contributed by atoms with Crippen LogP contribution in [0.3, 0.4) is 0 Å². The Balaban J connectivity index is 1.95. The van der Waals surface area contributed by atoms with Gasteiger partial charge in [-0.3, -0.25) is 0 Å². The average molecular weight is 248 g/mol. The lowest BCUT2D eigenvalue weighted by Gasteiger charge is -2.30. The number of hydrogen-bond acceptors (Lipinski definition) is 4. The Morgan fingerprint density at radius 2 is 2.00 bits per heavy atom. The van der Waals surface area contributed by atoms with Gasteiger partial charge in [-0.25, -0.2) is 4.98 Å². The van der Waals surface area contributed by atoms with Gasteiger partial charge >= 0.3 is 0 Å². The van der Waals surface area contributed by atoms with Crippen LogP contribution in [0.2, 0.25) is 0 Å². The Bertz CT molecular complexity index is 428. The molecule has 0 radical (unpaired) electrons. The third-order valence-electron chi connectivity index (χ3n) is 3.84. The Morgan fingerprint density at radius 3 is 2.78 bits per heavy atom. The number of aromatic nitrogens is 1. The zero-order valence-electron chi connectivity index (χ0n) is 10.7. The largest absolute Gasteiger partial charge is 0.392 e. The number of hydrogen-bond donors (Lipinski definition) is 1. The topological polar surface area (TPSA) is 45.6 Å². The molecular weight excluding hydrogens is 228 g/mol. The van der Waals surface area contributed by atoms with Gasteiger partial charge in [-0.05, 0) is 37.3 Å². The molecule has 0 amide bonds. The standard InChI is InChI=1S/C14H20N2O2/c17-10-12-9-11-3-1-2-4-13(11)15-14(12)16-5-7-18-8-6-16/h9,17H,1-8,10H2. The third-order valence-corrected chi connectivity index (χ3v) is 3.84. The molecule has 1 aromatic rings. The summed E-state index contributed by atoms with van der Waals surface area (Å²) in [6.07, 6.45) is 4.68. The fraction of sp³-hybridized carbons (Fsp3) is 0.643. The molecule has 98 valence electrons. The van der Waals surface area contributed by atoms with E-state index in [-0.39, 0.29) is 6.61 Å². The highest BCUT2D eigenvalue weighted by molar-refractivity contribution is 5.50. The average Bonchev–Trinajstić information content (AvgIpc) is 2.46. The van der Waals surface area contributed by atoms with Gasteiger partial charge in [0.25, 0.3) is 0 Å². The van der Waals surface area contributed by atoms with Crippen LogP contribution in [0.1, 0.15) is 29.7 Å². The van der Waals surface area contributed by atoms with Gasteiger partial charge in [-0.15, -0.1) is 0 Å². The lowest BCUT2D eigenvalue weighted by atomic mass is 9.94. The first-order chi connectivity index (χ1) is 8.88. The molecule has 0 bridgehead atoms. The number of anilines is 1. The normalized spacial score (nSPS) is 19.7. The zero-order valence-corrected chi connectivity index (χ0v) is 10.7. The van der Waals surface area contributed by atoms with Crippen molar-refractivity contribution in [3.8, 4) is 0 Å². The number of morpholine rings is 1. The smallest absolute Gasteiger partial charge is 0.134 e. The fourth-order valence-corrected chi connectivity index (χ4v) is 2.84. The van der Waals surface area contributed by atoms with Gasteiger partial charge in [-0.2, -0.15) is 0 Å². The number of pyridine rings is 1. The predicted octanol–water partition coefficient (Wildman–Crippen LogP) is 1.29. The van der Waals surface area contributed by atoms with E-state index in [9.17, 15) is 5.11 Å². The summed E-state index contributed by atoms with van der Waals surface area (Å²) in [5, 5.41) is 9.55. The van der Waals surface area contributed by atoms with E-state index < -0.39 is 0 Å². The minimum Gasteiger partial charge on any atom is -0.392 e.